The molecule has 1 aromatic carbocycles. The van der Waals surface area contributed by atoms with Gasteiger partial charge < -0.3 is 20.0 Å². The molecule has 3 rings (SSSR count). The number of piperazine rings is 1. The number of carbonyl (C=O) groups excluding carboxylic acids is 2. The molecule has 26 heavy (non-hydrogen) atoms. The number of benzene rings is 1. The van der Waals surface area contributed by atoms with Crippen LogP contribution in [-0.2, 0) is 16.0 Å². The van der Waals surface area contributed by atoms with Crippen LogP contribution in [0.3, 0.4) is 0 Å². The van der Waals surface area contributed by atoms with Crippen molar-refractivity contribution in [3.63, 3.8) is 0 Å². The number of para-hydroxylation sites is 1. The molecule has 0 unspecified atom stereocenters. The van der Waals surface area contributed by atoms with Gasteiger partial charge in [0.1, 0.15) is 0 Å². The maximum Gasteiger partial charge on any atom is 0.246 e. The molecule has 1 aromatic rings. The van der Waals surface area contributed by atoms with Gasteiger partial charge >= 0.3 is 0 Å². The van der Waals surface area contributed by atoms with Crippen LogP contribution in [0.2, 0.25) is 0 Å². The second-order valence-electron chi connectivity index (χ2n) is 6.67. The van der Waals surface area contributed by atoms with Crippen LogP contribution in [0.4, 0.5) is 5.69 Å². The molecule has 0 aliphatic carbocycles. The highest BCUT2D eigenvalue weighted by molar-refractivity contribution is 5.98. The summed E-state index contributed by atoms with van der Waals surface area (Å²) >= 11 is 0. The fourth-order valence-electron chi connectivity index (χ4n) is 3.61. The summed E-state index contributed by atoms with van der Waals surface area (Å²) in [6.45, 7) is 5.38. The predicted molar refractivity (Wildman–Crippen MR) is 102 cm³/mol. The number of aliphatic imine (C=N–C) groups is 1. The largest absolute Gasteiger partial charge is 0.347 e. The minimum Gasteiger partial charge on any atom is -0.347 e. The van der Waals surface area contributed by atoms with Crippen molar-refractivity contribution in [2.24, 2.45) is 4.99 Å². The van der Waals surface area contributed by atoms with Crippen molar-refractivity contribution in [1.29, 1.82) is 0 Å². The van der Waals surface area contributed by atoms with Gasteiger partial charge in [0.2, 0.25) is 11.8 Å². The van der Waals surface area contributed by atoms with Crippen molar-refractivity contribution in [2.45, 2.75) is 19.8 Å². The third-order valence-electron chi connectivity index (χ3n) is 5.05. The minimum absolute atomic E-state index is 0.0562. The predicted octanol–water partition coefficient (Wildman–Crippen LogP) is 0.705. The van der Waals surface area contributed by atoms with E-state index in [4.69, 9.17) is 0 Å². The first-order valence-electron chi connectivity index (χ1n) is 9.19. The SMILES string of the molecule is CN=C(NCC(=O)N1CCCc2ccccc21)N1CCN(C(C)=O)CC1. The molecule has 0 bridgehead atoms. The van der Waals surface area contributed by atoms with E-state index >= 15 is 0 Å². The van der Waals surface area contributed by atoms with Gasteiger partial charge in [-0.2, -0.15) is 0 Å². The second-order valence-corrected chi connectivity index (χ2v) is 6.67. The fourth-order valence-corrected chi connectivity index (χ4v) is 3.61. The van der Waals surface area contributed by atoms with E-state index in [1.54, 1.807) is 14.0 Å². The molecule has 140 valence electrons. The van der Waals surface area contributed by atoms with Crippen molar-refractivity contribution in [2.75, 3.05) is 51.2 Å². The number of nitrogens with one attached hydrogen (secondary N) is 1. The van der Waals surface area contributed by atoms with Crippen molar-refractivity contribution < 1.29 is 9.59 Å². The Morgan fingerprint density at radius 2 is 1.77 bits per heavy atom. The van der Waals surface area contributed by atoms with E-state index in [-0.39, 0.29) is 18.4 Å². The number of hydrogen-bond acceptors (Lipinski definition) is 3. The number of carbonyl (C=O) groups is 2. The summed E-state index contributed by atoms with van der Waals surface area (Å²) in [4.78, 5) is 34.3. The molecule has 1 fully saturated rings. The molecule has 1 N–H and O–H groups in total. The number of hydrogen-bond donors (Lipinski definition) is 1. The van der Waals surface area contributed by atoms with E-state index in [0.29, 0.717) is 19.0 Å². The van der Waals surface area contributed by atoms with E-state index in [2.05, 4.69) is 21.3 Å². The molecule has 2 heterocycles. The summed E-state index contributed by atoms with van der Waals surface area (Å²) in [5.74, 6) is 0.874. The lowest BCUT2D eigenvalue weighted by Gasteiger charge is -2.36. The zero-order chi connectivity index (χ0) is 18.5. The highest BCUT2D eigenvalue weighted by atomic mass is 16.2. The smallest absolute Gasteiger partial charge is 0.246 e. The van der Waals surface area contributed by atoms with E-state index < -0.39 is 0 Å². The van der Waals surface area contributed by atoms with E-state index in [1.165, 1.54) is 5.56 Å². The highest BCUT2D eigenvalue weighted by Crippen LogP contribution is 2.26. The van der Waals surface area contributed by atoms with Gasteiger partial charge in [-0.05, 0) is 24.5 Å². The van der Waals surface area contributed by atoms with E-state index in [1.807, 2.05) is 28.0 Å². The molecular formula is C19H27N5O2. The average Bonchev–Trinajstić information content (AvgIpc) is 2.68. The van der Waals surface area contributed by atoms with Gasteiger partial charge in [-0.1, -0.05) is 18.2 Å². The maximum absolute atomic E-state index is 12.7. The Morgan fingerprint density at radius 3 is 2.46 bits per heavy atom. The number of fused-ring (bicyclic) bond motifs is 1. The van der Waals surface area contributed by atoms with Crippen LogP contribution in [-0.4, -0.2) is 73.9 Å². The monoisotopic (exact) mass is 357 g/mol. The minimum atomic E-state index is 0.0562. The zero-order valence-electron chi connectivity index (χ0n) is 15.6. The first-order chi connectivity index (χ1) is 12.6. The van der Waals surface area contributed by atoms with Gasteiger partial charge in [-0.25, -0.2) is 0 Å². The summed E-state index contributed by atoms with van der Waals surface area (Å²) in [6, 6.07) is 8.11. The number of anilines is 1. The summed E-state index contributed by atoms with van der Waals surface area (Å²) in [6.07, 6.45) is 2.01. The lowest BCUT2D eigenvalue weighted by Crippen LogP contribution is -2.54. The van der Waals surface area contributed by atoms with Gasteiger partial charge in [0.25, 0.3) is 0 Å². The average molecular weight is 357 g/mol. The third kappa shape index (κ3) is 3.98. The summed E-state index contributed by atoms with van der Waals surface area (Å²) in [5.41, 5.74) is 2.26. The third-order valence-corrected chi connectivity index (χ3v) is 5.05. The van der Waals surface area contributed by atoms with Crippen molar-refractivity contribution >= 4 is 23.5 Å². The Balaban J connectivity index is 1.56. The Kier molecular flexibility index (Phi) is 5.75. The molecule has 0 aromatic heterocycles. The Labute approximate surface area is 154 Å². The number of rotatable bonds is 2. The molecule has 2 amide bonds. The van der Waals surface area contributed by atoms with Crippen LogP contribution in [0.1, 0.15) is 18.9 Å². The normalized spacial score (nSPS) is 17.8. The first-order valence-corrected chi connectivity index (χ1v) is 9.19. The van der Waals surface area contributed by atoms with Crippen molar-refractivity contribution in [3.8, 4) is 0 Å². The van der Waals surface area contributed by atoms with Crippen LogP contribution in [0.25, 0.3) is 0 Å². The van der Waals surface area contributed by atoms with Gasteiger partial charge in [-0.3, -0.25) is 14.6 Å². The highest BCUT2D eigenvalue weighted by Gasteiger charge is 2.24. The summed E-state index contributed by atoms with van der Waals surface area (Å²) in [7, 11) is 1.72. The number of aryl methyl sites for hydroxylation is 1. The molecular weight excluding hydrogens is 330 g/mol. The van der Waals surface area contributed by atoms with Crippen LogP contribution in [0.15, 0.2) is 29.3 Å². The van der Waals surface area contributed by atoms with Crippen LogP contribution in [0.5, 0.6) is 0 Å². The van der Waals surface area contributed by atoms with Crippen LogP contribution >= 0.6 is 0 Å². The number of amides is 2. The lowest BCUT2D eigenvalue weighted by atomic mass is 10.0. The molecule has 0 spiro atoms. The topological polar surface area (TPSA) is 68.2 Å². The number of nitrogens with zero attached hydrogens (tertiary/aromatic N) is 4. The molecule has 7 nitrogen and oxygen atoms in total. The molecule has 0 atom stereocenters. The fraction of sp³-hybridized carbons (Fsp3) is 0.526. The van der Waals surface area contributed by atoms with Gasteiger partial charge in [0.05, 0.1) is 6.54 Å². The summed E-state index contributed by atoms with van der Waals surface area (Å²) in [5, 5.41) is 3.19. The van der Waals surface area contributed by atoms with Crippen LogP contribution < -0.4 is 10.2 Å². The standard InChI is InChI=1S/C19H27N5O2/c1-15(25)22-10-12-23(13-11-22)19(20-2)21-14-18(26)24-9-5-7-16-6-3-4-8-17(16)24/h3-4,6,8H,5,7,9-14H2,1-2H3,(H,20,21). The maximum atomic E-state index is 12.7. The van der Waals surface area contributed by atoms with Gasteiger partial charge in [0, 0.05) is 52.4 Å². The van der Waals surface area contributed by atoms with Gasteiger partial charge in [0.15, 0.2) is 5.96 Å². The summed E-state index contributed by atoms with van der Waals surface area (Å²) < 4.78 is 0. The molecule has 0 radical (unpaired) electrons. The molecule has 7 heteroatoms. The van der Waals surface area contributed by atoms with Crippen molar-refractivity contribution in [1.82, 2.24) is 15.1 Å². The Morgan fingerprint density at radius 1 is 1.08 bits per heavy atom. The van der Waals surface area contributed by atoms with E-state index in [0.717, 1.165) is 38.2 Å². The Hall–Kier alpha value is -2.57. The first kappa shape index (κ1) is 18.2. The second kappa shape index (κ2) is 8.21. The quantitative estimate of drug-likeness (QED) is 0.625. The molecule has 0 saturated carbocycles. The molecule has 1 saturated heterocycles. The Bertz CT molecular complexity index is 695. The zero-order valence-corrected chi connectivity index (χ0v) is 15.6. The van der Waals surface area contributed by atoms with Gasteiger partial charge in [-0.15, -0.1) is 0 Å². The van der Waals surface area contributed by atoms with Crippen molar-refractivity contribution in [3.05, 3.63) is 29.8 Å². The molecule has 2 aliphatic heterocycles. The molecule has 2 aliphatic rings. The lowest BCUT2D eigenvalue weighted by molar-refractivity contribution is -0.130. The van der Waals surface area contributed by atoms with E-state index in [9.17, 15) is 9.59 Å². The van der Waals surface area contributed by atoms with Crippen LogP contribution in [0, 0.1) is 0 Å². The number of guanidine groups is 1.